The number of aliphatic imine (C=N–C) groups is 1. The summed E-state index contributed by atoms with van der Waals surface area (Å²) in [6.45, 7) is 15.1. The summed E-state index contributed by atoms with van der Waals surface area (Å²) in [5, 5.41) is 15.2. The predicted octanol–water partition coefficient (Wildman–Crippen LogP) is 3.61. The number of cyclic esters (lactones) is 1. The van der Waals surface area contributed by atoms with Gasteiger partial charge in [0, 0.05) is 62.7 Å². The van der Waals surface area contributed by atoms with Gasteiger partial charge in [-0.05, 0) is 76.1 Å². The minimum Gasteiger partial charge on any atom is -0.448 e. The van der Waals surface area contributed by atoms with Crippen molar-refractivity contribution < 1.29 is 33.6 Å². The summed E-state index contributed by atoms with van der Waals surface area (Å²) in [5.41, 5.74) is -1.42. The second-order valence-corrected chi connectivity index (χ2v) is 14.7. The Morgan fingerprint density at radius 2 is 1.86 bits per heavy atom. The van der Waals surface area contributed by atoms with Gasteiger partial charge in [-0.1, -0.05) is 20.8 Å². The van der Waals surface area contributed by atoms with Crippen LogP contribution in [-0.4, -0.2) is 107 Å². The zero-order valence-electron chi connectivity index (χ0n) is 28.0. The van der Waals surface area contributed by atoms with E-state index in [1.165, 1.54) is 0 Å². The Balaban J connectivity index is 2.04. The molecule has 0 amide bonds. The first kappa shape index (κ1) is 37.3. The minimum absolute atomic E-state index is 0.0582. The summed E-state index contributed by atoms with van der Waals surface area (Å²) >= 11 is 1.96. The maximum Gasteiger partial charge on any atom is 0.317 e. The molecular weight excluding hydrogens is 677 g/mol. The van der Waals surface area contributed by atoms with Crippen molar-refractivity contribution in [3.05, 3.63) is 0 Å². The fourth-order valence-corrected chi connectivity index (χ4v) is 7.90. The summed E-state index contributed by atoms with van der Waals surface area (Å²) in [7, 11) is 3.70. The van der Waals surface area contributed by atoms with Crippen LogP contribution in [0.3, 0.4) is 0 Å². The van der Waals surface area contributed by atoms with E-state index in [9.17, 15) is 14.7 Å². The maximum atomic E-state index is 14.0. The molecular formula is C33H54IN3O7. The Bertz CT molecular complexity index is 1080. The number of carbonyl (C=O) groups is 2. The van der Waals surface area contributed by atoms with Crippen molar-refractivity contribution in [3.63, 3.8) is 0 Å². The molecule has 2 saturated heterocycles. The van der Waals surface area contributed by atoms with Crippen molar-refractivity contribution in [1.29, 1.82) is 0 Å². The molecule has 2 fully saturated rings. The van der Waals surface area contributed by atoms with E-state index in [0.29, 0.717) is 32.4 Å². The number of nitrogens with zero attached hydrogens (tertiary/aromatic N) is 2. The average molecular weight is 732 g/mol. The second-order valence-electron chi connectivity index (χ2n) is 13.5. The van der Waals surface area contributed by atoms with Gasteiger partial charge in [0.05, 0.1) is 24.4 Å². The van der Waals surface area contributed by atoms with E-state index in [0.717, 1.165) is 18.7 Å². The van der Waals surface area contributed by atoms with Crippen LogP contribution in [-0.2, 0) is 28.5 Å². The van der Waals surface area contributed by atoms with Gasteiger partial charge in [-0.25, -0.2) is 0 Å². The van der Waals surface area contributed by atoms with E-state index >= 15 is 0 Å². The number of nitrogens with one attached hydrogen (secondary N) is 1. The monoisotopic (exact) mass is 731 g/mol. The van der Waals surface area contributed by atoms with Crippen LogP contribution in [0.4, 0.5) is 0 Å². The van der Waals surface area contributed by atoms with Crippen LogP contribution in [0, 0.1) is 36.0 Å². The summed E-state index contributed by atoms with van der Waals surface area (Å²) in [5.74, 6) is -0.317. The van der Waals surface area contributed by atoms with E-state index in [1.807, 2.05) is 43.4 Å². The molecule has 0 aromatic rings. The van der Waals surface area contributed by atoms with E-state index in [1.54, 1.807) is 27.9 Å². The number of alkyl halides is 1. The van der Waals surface area contributed by atoms with Crippen molar-refractivity contribution in [2.75, 3.05) is 33.8 Å². The third-order valence-corrected chi connectivity index (χ3v) is 11.5. The Hall–Kier alpha value is -1.14. The zero-order chi connectivity index (χ0) is 33.0. The lowest BCUT2D eigenvalue weighted by molar-refractivity contribution is -0.262. The number of hydrogen-bond acceptors (Lipinski definition) is 10. The van der Waals surface area contributed by atoms with E-state index in [2.05, 4.69) is 30.1 Å². The van der Waals surface area contributed by atoms with Gasteiger partial charge in [0.2, 0.25) is 0 Å². The highest BCUT2D eigenvalue weighted by atomic mass is 127. The lowest BCUT2D eigenvalue weighted by atomic mass is 9.74. The highest BCUT2D eigenvalue weighted by Crippen LogP contribution is 2.39. The normalized spacial score (nSPS) is 42.9. The first-order valence-corrected chi connectivity index (χ1v) is 17.2. The highest BCUT2D eigenvalue weighted by Gasteiger charge is 2.51. The third-order valence-electron chi connectivity index (χ3n) is 10.00. The van der Waals surface area contributed by atoms with Crippen molar-refractivity contribution in [1.82, 2.24) is 10.2 Å². The van der Waals surface area contributed by atoms with E-state index in [4.69, 9.17) is 30.4 Å². The number of rotatable bonds is 6. The minimum atomic E-state index is -1.42. The van der Waals surface area contributed by atoms with Crippen LogP contribution in [0.15, 0.2) is 4.99 Å². The van der Waals surface area contributed by atoms with Crippen LogP contribution in [0.1, 0.15) is 74.1 Å². The molecule has 0 saturated carbocycles. The third kappa shape index (κ3) is 8.41. The Morgan fingerprint density at radius 3 is 2.50 bits per heavy atom. The summed E-state index contributed by atoms with van der Waals surface area (Å²) in [6, 6.07) is -0.239. The number of aliphatic hydroxyl groups is 1. The Labute approximate surface area is 277 Å². The predicted molar refractivity (Wildman–Crippen MR) is 179 cm³/mol. The Kier molecular flexibility index (Phi) is 13.3. The molecule has 0 aromatic heterocycles. The second kappa shape index (κ2) is 15.6. The van der Waals surface area contributed by atoms with Gasteiger partial charge in [-0.2, -0.15) is 0 Å². The summed E-state index contributed by atoms with van der Waals surface area (Å²) < 4.78 is 24.2. The number of carbonyl (C=O) groups excluding carboxylic acids is 2. The number of terminal acetylenes is 1. The number of ether oxygens (including phenoxy) is 4. The molecule has 3 aliphatic rings. The standard InChI is InChI=1S/C33H54IN3O7/c1-11-12-15-37(9)24-16-20(3)42-25(17-24)43-29-22(5)27(38)23(6)30(39)44-31(34)33(8,40)28-21(4)26(35-13-14-36-28)19(2)18-32(29,7)41-10/h1,19-25,28-29,31,36,40H,12-18H2,2-10H3/t19-,20-,21+,22+,23-,24+,25+,28-,29-,31+,32-,33+/m1/s1. The van der Waals surface area contributed by atoms with Gasteiger partial charge < -0.3 is 34.3 Å². The number of Topliss-reactive ketones (excluding diaryl/α,β-unsaturated/α-hetero) is 1. The van der Waals surface area contributed by atoms with Crippen LogP contribution in [0.25, 0.3) is 0 Å². The van der Waals surface area contributed by atoms with Gasteiger partial charge in [0.25, 0.3) is 0 Å². The average Bonchev–Trinajstić information content (AvgIpc) is 3.18. The molecule has 11 heteroatoms. The van der Waals surface area contributed by atoms with Gasteiger partial charge >= 0.3 is 5.97 Å². The molecule has 2 bridgehead atoms. The van der Waals surface area contributed by atoms with Gasteiger partial charge in [-0.15, -0.1) is 12.3 Å². The van der Waals surface area contributed by atoms with Crippen LogP contribution >= 0.6 is 22.6 Å². The molecule has 2 N–H and O–H groups in total. The molecule has 0 aliphatic carbocycles. The fourth-order valence-electron chi connectivity index (χ4n) is 7.26. The SMILES string of the molecule is C#CCCN(C)[C@@H]1C[C@H](O[C@@H]2[C@@H](C)C(=O)[C@@H](C)C(=O)O[C@H](I)[C@@](C)(O)[C@@H]3NCCN=C([C@H](C)C[C@@]2(C)OC)[C@@H]3C)O[C@H](C)C1. The van der Waals surface area contributed by atoms with Gasteiger partial charge in [-0.3, -0.25) is 14.6 Å². The number of fused-ring (bicyclic) bond motifs is 2. The molecule has 250 valence electrons. The van der Waals surface area contributed by atoms with Crippen molar-refractivity contribution in [2.24, 2.45) is 28.7 Å². The number of halogens is 1. The van der Waals surface area contributed by atoms with Gasteiger partial charge in [0.1, 0.15) is 11.5 Å². The maximum absolute atomic E-state index is 14.0. The Morgan fingerprint density at radius 1 is 1.18 bits per heavy atom. The van der Waals surface area contributed by atoms with Crippen LogP contribution in [0.2, 0.25) is 0 Å². The molecule has 0 aromatic carbocycles. The smallest absolute Gasteiger partial charge is 0.317 e. The van der Waals surface area contributed by atoms with Crippen molar-refractivity contribution in [2.45, 2.75) is 120 Å². The van der Waals surface area contributed by atoms with Gasteiger partial charge in [0.15, 0.2) is 16.2 Å². The molecule has 10 nitrogen and oxygen atoms in total. The summed E-state index contributed by atoms with van der Waals surface area (Å²) in [6.07, 6.45) is 6.76. The molecule has 0 spiro atoms. The highest BCUT2D eigenvalue weighted by molar-refractivity contribution is 14.1. The lowest BCUT2D eigenvalue weighted by Gasteiger charge is -2.46. The molecule has 3 aliphatic heterocycles. The largest absolute Gasteiger partial charge is 0.448 e. The number of hydrogen-bond donors (Lipinski definition) is 2. The molecule has 44 heavy (non-hydrogen) atoms. The molecule has 0 unspecified atom stereocenters. The van der Waals surface area contributed by atoms with E-state index in [-0.39, 0.29) is 29.8 Å². The number of methoxy groups -OCH3 is 1. The zero-order valence-corrected chi connectivity index (χ0v) is 30.1. The molecule has 3 rings (SSSR count). The first-order valence-electron chi connectivity index (χ1n) is 15.9. The molecule has 3 heterocycles. The lowest BCUT2D eigenvalue weighted by Crippen LogP contribution is -2.60. The summed E-state index contributed by atoms with van der Waals surface area (Å²) in [4.78, 5) is 34.6. The van der Waals surface area contributed by atoms with Crippen molar-refractivity contribution in [3.8, 4) is 12.3 Å². The van der Waals surface area contributed by atoms with Crippen LogP contribution in [0.5, 0.6) is 0 Å². The van der Waals surface area contributed by atoms with E-state index < -0.39 is 51.6 Å². The number of ketones is 1. The molecule has 0 radical (unpaired) electrons. The quantitative estimate of drug-likeness (QED) is 0.139. The number of esters is 1. The fraction of sp³-hybridized carbons (Fsp3) is 0.848. The molecule has 12 atom stereocenters. The van der Waals surface area contributed by atoms with Crippen molar-refractivity contribution >= 4 is 40.1 Å². The van der Waals surface area contributed by atoms with Crippen LogP contribution < -0.4 is 5.32 Å². The topological polar surface area (TPSA) is 119 Å². The first-order chi connectivity index (χ1) is 20.6.